The Morgan fingerprint density at radius 2 is 1.97 bits per heavy atom. The van der Waals surface area contributed by atoms with Gasteiger partial charge in [0.05, 0.1) is 0 Å². The van der Waals surface area contributed by atoms with Crippen LogP contribution in [0.25, 0.3) is 0 Å². The van der Waals surface area contributed by atoms with E-state index in [1.54, 1.807) is 4.90 Å². The first-order valence-corrected chi connectivity index (χ1v) is 10.7. The lowest BCUT2D eigenvalue weighted by molar-refractivity contribution is -0.139. The number of hydrogen-bond acceptors (Lipinski definition) is 3. The number of fused-ring (bicyclic) bond motifs is 1. The summed E-state index contributed by atoms with van der Waals surface area (Å²) in [7, 11) is 0. The maximum atomic E-state index is 13.1. The smallest absolute Gasteiger partial charge is 0.264 e. The van der Waals surface area contributed by atoms with E-state index in [4.69, 9.17) is 16.3 Å². The Labute approximate surface area is 183 Å². The Bertz CT molecular complexity index is 936. The van der Waals surface area contributed by atoms with Crippen LogP contribution in [0.5, 0.6) is 5.75 Å². The number of benzene rings is 2. The maximum Gasteiger partial charge on any atom is 0.264 e. The molecule has 0 spiro atoms. The Morgan fingerprint density at radius 3 is 2.63 bits per heavy atom. The molecule has 6 heteroatoms. The first kappa shape index (κ1) is 22.2. The van der Waals surface area contributed by atoms with Crippen molar-refractivity contribution in [3.05, 3.63) is 58.6 Å². The molecule has 0 saturated carbocycles. The number of halogens is 1. The summed E-state index contributed by atoms with van der Waals surface area (Å²) in [4.78, 5) is 27.2. The van der Waals surface area contributed by atoms with E-state index in [9.17, 15) is 9.59 Å². The summed E-state index contributed by atoms with van der Waals surface area (Å²) >= 11 is 6.32. The van der Waals surface area contributed by atoms with E-state index in [1.165, 1.54) is 0 Å². The van der Waals surface area contributed by atoms with E-state index < -0.39 is 6.10 Å². The van der Waals surface area contributed by atoms with Gasteiger partial charge in [-0.05, 0) is 41.7 Å². The second-order valence-electron chi connectivity index (χ2n) is 8.91. The summed E-state index contributed by atoms with van der Waals surface area (Å²) < 4.78 is 6.02. The highest BCUT2D eigenvalue weighted by atomic mass is 35.5. The molecular weight excluding hydrogens is 400 g/mol. The van der Waals surface area contributed by atoms with Gasteiger partial charge in [0.2, 0.25) is 5.91 Å². The van der Waals surface area contributed by atoms with Gasteiger partial charge in [0.1, 0.15) is 5.75 Å². The molecular formula is C24H29ClN2O3. The first-order chi connectivity index (χ1) is 14.2. The van der Waals surface area contributed by atoms with Crippen LogP contribution >= 0.6 is 11.6 Å². The Morgan fingerprint density at radius 1 is 1.23 bits per heavy atom. The van der Waals surface area contributed by atoms with Crippen molar-refractivity contribution < 1.29 is 14.3 Å². The predicted molar refractivity (Wildman–Crippen MR) is 120 cm³/mol. The van der Waals surface area contributed by atoms with E-state index >= 15 is 0 Å². The summed E-state index contributed by atoms with van der Waals surface area (Å²) in [6, 6.07) is 13.1. The van der Waals surface area contributed by atoms with Crippen molar-refractivity contribution in [2.45, 2.75) is 59.7 Å². The van der Waals surface area contributed by atoms with Gasteiger partial charge >= 0.3 is 0 Å². The molecule has 0 fully saturated rings. The third-order valence-electron chi connectivity index (χ3n) is 4.94. The van der Waals surface area contributed by atoms with Crippen LogP contribution in [-0.2, 0) is 22.7 Å². The molecule has 3 rings (SSSR count). The number of nitrogens with zero attached hydrogens (tertiary/aromatic N) is 1. The fraction of sp³-hybridized carbons (Fsp3) is 0.417. The minimum atomic E-state index is -0.546. The van der Waals surface area contributed by atoms with E-state index in [2.05, 4.69) is 5.32 Å². The second-order valence-corrected chi connectivity index (χ2v) is 9.32. The lowest BCUT2D eigenvalue weighted by atomic mass is 9.92. The van der Waals surface area contributed by atoms with Gasteiger partial charge < -0.3 is 15.0 Å². The topological polar surface area (TPSA) is 58.6 Å². The minimum Gasteiger partial charge on any atom is -0.480 e. The number of ether oxygens (including phenoxy) is 1. The lowest BCUT2D eigenvalue weighted by Crippen LogP contribution is -2.38. The molecule has 30 heavy (non-hydrogen) atoms. The molecule has 5 nitrogen and oxygen atoms in total. The van der Waals surface area contributed by atoms with E-state index in [0.29, 0.717) is 42.4 Å². The van der Waals surface area contributed by atoms with Gasteiger partial charge in [0.25, 0.3) is 5.91 Å². The molecule has 0 bridgehead atoms. The Hall–Kier alpha value is -2.53. The molecule has 2 aromatic carbocycles. The van der Waals surface area contributed by atoms with Crippen LogP contribution in [0.1, 0.15) is 51.7 Å². The lowest BCUT2D eigenvalue weighted by Gasteiger charge is -2.23. The quantitative estimate of drug-likeness (QED) is 0.692. The predicted octanol–water partition coefficient (Wildman–Crippen LogP) is 5.41. The van der Waals surface area contributed by atoms with E-state index in [1.807, 2.05) is 70.2 Å². The van der Waals surface area contributed by atoms with Crippen molar-refractivity contribution in [2.75, 3.05) is 5.32 Å². The average molecular weight is 429 g/mol. The normalized spacial score (nSPS) is 16.5. The highest BCUT2D eigenvalue weighted by molar-refractivity contribution is 6.31. The molecule has 160 valence electrons. The van der Waals surface area contributed by atoms with Crippen molar-refractivity contribution in [1.29, 1.82) is 0 Å². The number of rotatable bonds is 5. The molecule has 0 aliphatic carbocycles. The van der Waals surface area contributed by atoms with E-state index in [0.717, 1.165) is 11.1 Å². The van der Waals surface area contributed by atoms with Crippen LogP contribution in [0, 0.1) is 5.41 Å². The second kappa shape index (κ2) is 9.09. The van der Waals surface area contributed by atoms with Gasteiger partial charge in [-0.3, -0.25) is 9.59 Å². The minimum absolute atomic E-state index is 0.0348. The molecule has 1 atom stereocenters. The van der Waals surface area contributed by atoms with Gasteiger partial charge in [-0.2, -0.15) is 0 Å². The molecule has 1 aliphatic heterocycles. The fourth-order valence-corrected chi connectivity index (χ4v) is 3.69. The molecule has 1 unspecified atom stereocenters. The van der Waals surface area contributed by atoms with E-state index in [-0.39, 0.29) is 17.2 Å². The number of hydrogen-bond donors (Lipinski definition) is 1. The average Bonchev–Trinajstić information content (AvgIpc) is 2.78. The SMILES string of the molecule is CCC1Oc2ccc(NC(=O)CC(C)(C)C)cc2CN(Cc2ccccc2Cl)C1=O. The van der Waals surface area contributed by atoms with Crippen molar-refractivity contribution in [1.82, 2.24) is 4.90 Å². The van der Waals surface area contributed by atoms with Crippen LogP contribution in [0.2, 0.25) is 5.02 Å². The zero-order chi connectivity index (χ0) is 21.9. The molecule has 2 aromatic rings. The summed E-state index contributed by atoms with van der Waals surface area (Å²) in [6.07, 6.45) is 0.451. The zero-order valence-corrected chi connectivity index (χ0v) is 18.8. The summed E-state index contributed by atoms with van der Waals surface area (Å²) in [5, 5.41) is 3.59. The third kappa shape index (κ3) is 5.54. The number of anilines is 1. The molecule has 0 aromatic heterocycles. The highest BCUT2D eigenvalue weighted by Crippen LogP contribution is 2.31. The molecule has 1 aliphatic rings. The number of carbonyl (C=O) groups is 2. The van der Waals surface area contributed by atoms with Crippen LogP contribution in [0.15, 0.2) is 42.5 Å². The third-order valence-corrected chi connectivity index (χ3v) is 5.31. The maximum absolute atomic E-state index is 13.1. The number of nitrogens with one attached hydrogen (secondary N) is 1. The van der Waals surface area contributed by atoms with Gasteiger partial charge in [-0.25, -0.2) is 0 Å². The fourth-order valence-electron chi connectivity index (χ4n) is 3.50. The monoisotopic (exact) mass is 428 g/mol. The van der Waals surface area contributed by atoms with Gasteiger partial charge in [-0.15, -0.1) is 0 Å². The van der Waals surface area contributed by atoms with Crippen LogP contribution in [0.3, 0.4) is 0 Å². The molecule has 0 radical (unpaired) electrons. The standard InChI is InChI=1S/C24H29ClN2O3/c1-5-20-23(29)27(14-16-8-6-7-9-19(16)25)15-17-12-18(10-11-21(17)30-20)26-22(28)13-24(2,3)4/h6-12,20H,5,13-15H2,1-4H3,(H,26,28). The molecule has 1 heterocycles. The van der Waals surface area contributed by atoms with Crippen molar-refractivity contribution in [3.63, 3.8) is 0 Å². The summed E-state index contributed by atoms with van der Waals surface area (Å²) in [5.41, 5.74) is 2.36. The van der Waals surface area contributed by atoms with Crippen LogP contribution < -0.4 is 10.1 Å². The summed E-state index contributed by atoms with van der Waals surface area (Å²) in [6.45, 7) is 8.81. The van der Waals surface area contributed by atoms with Gasteiger partial charge in [0, 0.05) is 35.8 Å². The number of carbonyl (C=O) groups excluding carboxylic acids is 2. The summed E-state index contributed by atoms with van der Waals surface area (Å²) in [5.74, 6) is 0.574. The van der Waals surface area contributed by atoms with Crippen LogP contribution in [-0.4, -0.2) is 22.8 Å². The Kier molecular flexibility index (Phi) is 6.71. The van der Waals surface area contributed by atoms with Crippen LogP contribution in [0.4, 0.5) is 5.69 Å². The first-order valence-electron chi connectivity index (χ1n) is 10.3. The molecule has 1 N–H and O–H groups in total. The zero-order valence-electron chi connectivity index (χ0n) is 18.0. The highest BCUT2D eigenvalue weighted by Gasteiger charge is 2.30. The molecule has 2 amide bonds. The van der Waals surface area contributed by atoms with Gasteiger partial charge in [-0.1, -0.05) is 57.5 Å². The van der Waals surface area contributed by atoms with Crippen molar-refractivity contribution >= 4 is 29.1 Å². The Balaban J connectivity index is 1.86. The number of amides is 2. The van der Waals surface area contributed by atoms with Gasteiger partial charge in [0.15, 0.2) is 6.10 Å². The molecule has 0 saturated heterocycles. The van der Waals surface area contributed by atoms with Crippen molar-refractivity contribution in [3.8, 4) is 5.75 Å². The largest absolute Gasteiger partial charge is 0.480 e. The van der Waals surface area contributed by atoms with Crippen molar-refractivity contribution in [2.24, 2.45) is 5.41 Å².